The molecule has 2 N–H and O–H groups in total. The van der Waals surface area contributed by atoms with Crippen LogP contribution in [0.4, 0.5) is 5.69 Å². The summed E-state index contributed by atoms with van der Waals surface area (Å²) in [6, 6.07) is 7.00. The number of nitrogens with zero attached hydrogens (tertiary/aromatic N) is 1. The summed E-state index contributed by atoms with van der Waals surface area (Å²) in [6.45, 7) is 3.45. The fraction of sp³-hybridized carbons (Fsp3) is 0.571. The SMILES string of the molecule is CCCCN(C)C1CCc2cc(N)ccc21. The maximum absolute atomic E-state index is 5.82. The first-order valence-corrected chi connectivity index (χ1v) is 6.31. The van der Waals surface area contributed by atoms with Crippen molar-refractivity contribution < 1.29 is 0 Å². The van der Waals surface area contributed by atoms with Crippen LogP contribution < -0.4 is 5.73 Å². The molecule has 16 heavy (non-hydrogen) atoms. The molecule has 0 spiro atoms. The van der Waals surface area contributed by atoms with E-state index in [0.29, 0.717) is 6.04 Å². The van der Waals surface area contributed by atoms with E-state index in [2.05, 4.69) is 31.0 Å². The lowest BCUT2D eigenvalue weighted by atomic mass is 10.1. The number of aryl methyl sites for hydroxylation is 1. The Labute approximate surface area is 98.4 Å². The van der Waals surface area contributed by atoms with Gasteiger partial charge in [0.1, 0.15) is 0 Å². The molecule has 0 bridgehead atoms. The molecule has 88 valence electrons. The third-order valence-electron chi connectivity index (χ3n) is 3.61. The van der Waals surface area contributed by atoms with Crippen molar-refractivity contribution in [2.75, 3.05) is 19.3 Å². The van der Waals surface area contributed by atoms with Crippen molar-refractivity contribution in [3.63, 3.8) is 0 Å². The molecule has 1 atom stereocenters. The third kappa shape index (κ3) is 2.22. The lowest BCUT2D eigenvalue weighted by Crippen LogP contribution is -2.23. The van der Waals surface area contributed by atoms with Gasteiger partial charge in [0, 0.05) is 11.7 Å². The van der Waals surface area contributed by atoms with E-state index in [4.69, 9.17) is 5.73 Å². The first kappa shape index (κ1) is 11.5. The summed E-state index contributed by atoms with van der Waals surface area (Å²) < 4.78 is 0. The van der Waals surface area contributed by atoms with Gasteiger partial charge in [0.25, 0.3) is 0 Å². The third-order valence-corrected chi connectivity index (χ3v) is 3.61. The normalized spacial score (nSPS) is 19.1. The van der Waals surface area contributed by atoms with Crippen molar-refractivity contribution in [2.24, 2.45) is 0 Å². The van der Waals surface area contributed by atoms with E-state index in [1.165, 1.54) is 43.4 Å². The van der Waals surface area contributed by atoms with Crippen molar-refractivity contribution in [1.29, 1.82) is 0 Å². The number of anilines is 1. The first-order chi connectivity index (χ1) is 7.72. The van der Waals surface area contributed by atoms with Gasteiger partial charge in [-0.25, -0.2) is 0 Å². The lowest BCUT2D eigenvalue weighted by molar-refractivity contribution is 0.241. The van der Waals surface area contributed by atoms with Crippen LogP contribution in [0, 0.1) is 0 Å². The van der Waals surface area contributed by atoms with Crippen LogP contribution in [0.15, 0.2) is 18.2 Å². The first-order valence-electron chi connectivity index (χ1n) is 6.31. The molecule has 0 aromatic heterocycles. The van der Waals surface area contributed by atoms with E-state index in [1.807, 2.05) is 6.07 Å². The maximum Gasteiger partial charge on any atom is 0.0350 e. The zero-order valence-electron chi connectivity index (χ0n) is 10.4. The van der Waals surface area contributed by atoms with Crippen molar-refractivity contribution >= 4 is 5.69 Å². The van der Waals surface area contributed by atoms with Gasteiger partial charge in [-0.05, 0) is 56.1 Å². The highest BCUT2D eigenvalue weighted by atomic mass is 15.1. The number of fused-ring (bicyclic) bond motifs is 1. The van der Waals surface area contributed by atoms with Crippen molar-refractivity contribution in [3.8, 4) is 0 Å². The van der Waals surface area contributed by atoms with Crippen molar-refractivity contribution in [3.05, 3.63) is 29.3 Å². The Bertz CT molecular complexity index is 360. The highest BCUT2D eigenvalue weighted by Crippen LogP contribution is 2.35. The van der Waals surface area contributed by atoms with Crippen molar-refractivity contribution in [2.45, 2.75) is 38.6 Å². The van der Waals surface area contributed by atoms with Gasteiger partial charge in [0.05, 0.1) is 0 Å². The molecule has 0 saturated carbocycles. The topological polar surface area (TPSA) is 29.3 Å². The molecule has 0 heterocycles. The van der Waals surface area contributed by atoms with Gasteiger partial charge < -0.3 is 5.73 Å². The number of hydrogen-bond acceptors (Lipinski definition) is 2. The van der Waals surface area contributed by atoms with Crippen LogP contribution in [0.2, 0.25) is 0 Å². The van der Waals surface area contributed by atoms with Gasteiger partial charge in [0.2, 0.25) is 0 Å². The second-order valence-corrected chi connectivity index (χ2v) is 4.85. The molecule has 2 heteroatoms. The van der Waals surface area contributed by atoms with E-state index in [1.54, 1.807) is 0 Å². The molecule has 2 nitrogen and oxygen atoms in total. The lowest BCUT2D eigenvalue weighted by Gasteiger charge is -2.25. The number of benzene rings is 1. The molecule has 0 aliphatic heterocycles. The molecule has 0 amide bonds. The molecule has 0 radical (unpaired) electrons. The fourth-order valence-electron chi connectivity index (χ4n) is 2.64. The number of rotatable bonds is 4. The van der Waals surface area contributed by atoms with Crippen LogP contribution in [0.3, 0.4) is 0 Å². The average Bonchev–Trinajstić information content (AvgIpc) is 2.68. The summed E-state index contributed by atoms with van der Waals surface area (Å²) in [4.78, 5) is 2.49. The monoisotopic (exact) mass is 218 g/mol. The minimum atomic E-state index is 0.613. The van der Waals surface area contributed by atoms with Crippen LogP contribution >= 0.6 is 0 Å². The Morgan fingerprint density at radius 2 is 2.25 bits per heavy atom. The minimum Gasteiger partial charge on any atom is -0.399 e. The van der Waals surface area contributed by atoms with Crippen LogP contribution in [0.1, 0.15) is 43.4 Å². The molecule has 0 saturated heterocycles. The molecule has 1 unspecified atom stereocenters. The zero-order valence-corrected chi connectivity index (χ0v) is 10.4. The van der Waals surface area contributed by atoms with E-state index in [9.17, 15) is 0 Å². The second kappa shape index (κ2) is 4.88. The van der Waals surface area contributed by atoms with E-state index < -0.39 is 0 Å². The number of unbranched alkanes of at least 4 members (excludes halogenated alkanes) is 1. The van der Waals surface area contributed by atoms with Crippen LogP contribution in [-0.4, -0.2) is 18.5 Å². The van der Waals surface area contributed by atoms with Gasteiger partial charge in [-0.2, -0.15) is 0 Å². The Balaban J connectivity index is 2.11. The van der Waals surface area contributed by atoms with Gasteiger partial charge in [-0.15, -0.1) is 0 Å². The quantitative estimate of drug-likeness (QED) is 0.787. The number of nitrogens with two attached hydrogens (primary N) is 1. The fourth-order valence-corrected chi connectivity index (χ4v) is 2.64. The van der Waals surface area contributed by atoms with Gasteiger partial charge in [-0.1, -0.05) is 19.4 Å². The summed E-state index contributed by atoms with van der Waals surface area (Å²) >= 11 is 0. The summed E-state index contributed by atoms with van der Waals surface area (Å²) in [6.07, 6.45) is 4.99. The molecule has 2 rings (SSSR count). The maximum atomic E-state index is 5.82. The standard InChI is InChI=1S/C14H22N2/c1-3-4-9-16(2)14-8-5-11-10-12(15)6-7-13(11)14/h6-7,10,14H,3-5,8-9,15H2,1-2H3. The van der Waals surface area contributed by atoms with Crippen molar-refractivity contribution in [1.82, 2.24) is 4.90 Å². The summed E-state index contributed by atoms with van der Waals surface area (Å²) in [5, 5.41) is 0. The Morgan fingerprint density at radius 3 is 3.00 bits per heavy atom. The molecular weight excluding hydrogens is 196 g/mol. The van der Waals surface area contributed by atoms with E-state index >= 15 is 0 Å². The smallest absolute Gasteiger partial charge is 0.0350 e. The molecule has 1 aromatic rings. The number of hydrogen-bond donors (Lipinski definition) is 1. The van der Waals surface area contributed by atoms with Crippen LogP contribution in [0.25, 0.3) is 0 Å². The predicted octanol–water partition coefficient (Wildman–Crippen LogP) is 2.99. The highest BCUT2D eigenvalue weighted by Gasteiger charge is 2.25. The van der Waals surface area contributed by atoms with E-state index in [0.717, 1.165) is 5.69 Å². The van der Waals surface area contributed by atoms with Gasteiger partial charge in [0.15, 0.2) is 0 Å². The molecule has 1 aromatic carbocycles. The largest absolute Gasteiger partial charge is 0.399 e. The molecule has 0 fully saturated rings. The summed E-state index contributed by atoms with van der Waals surface area (Å²) in [5.74, 6) is 0. The summed E-state index contributed by atoms with van der Waals surface area (Å²) in [5.41, 5.74) is 9.66. The van der Waals surface area contributed by atoms with Gasteiger partial charge >= 0.3 is 0 Å². The summed E-state index contributed by atoms with van der Waals surface area (Å²) in [7, 11) is 2.24. The molecule has 1 aliphatic carbocycles. The second-order valence-electron chi connectivity index (χ2n) is 4.85. The Hall–Kier alpha value is -1.02. The van der Waals surface area contributed by atoms with Crippen LogP contribution in [-0.2, 0) is 6.42 Å². The highest BCUT2D eigenvalue weighted by molar-refractivity contribution is 5.47. The Morgan fingerprint density at radius 1 is 1.44 bits per heavy atom. The zero-order chi connectivity index (χ0) is 11.5. The van der Waals surface area contributed by atoms with Crippen LogP contribution in [0.5, 0.6) is 0 Å². The molecule has 1 aliphatic rings. The number of nitrogen functional groups attached to an aromatic ring is 1. The van der Waals surface area contributed by atoms with Gasteiger partial charge in [-0.3, -0.25) is 4.90 Å². The molecular formula is C14H22N2. The predicted molar refractivity (Wildman–Crippen MR) is 69.5 cm³/mol. The Kier molecular flexibility index (Phi) is 3.49. The minimum absolute atomic E-state index is 0.613. The van der Waals surface area contributed by atoms with E-state index in [-0.39, 0.29) is 0 Å². The average molecular weight is 218 g/mol.